The molecule has 0 saturated carbocycles. The van der Waals surface area contributed by atoms with E-state index in [0.717, 1.165) is 12.8 Å². The van der Waals surface area contributed by atoms with Crippen LogP contribution in [0.25, 0.3) is 0 Å². The lowest BCUT2D eigenvalue weighted by Gasteiger charge is -2.35. The molecule has 3 rings (SSSR count). The fraction of sp³-hybridized carbons (Fsp3) is 0.529. The summed E-state index contributed by atoms with van der Waals surface area (Å²) in [6.45, 7) is 3.81. The molecule has 122 valence electrons. The molecule has 2 saturated heterocycles. The van der Waals surface area contributed by atoms with Crippen molar-refractivity contribution in [3.8, 4) is 6.07 Å². The predicted octanol–water partition coefficient (Wildman–Crippen LogP) is 1.52. The highest BCUT2D eigenvalue weighted by Crippen LogP contribution is 2.18. The van der Waals surface area contributed by atoms with Crippen molar-refractivity contribution in [3.05, 3.63) is 35.1 Å². The molecule has 0 aromatic heterocycles. The van der Waals surface area contributed by atoms with Gasteiger partial charge in [-0.2, -0.15) is 5.26 Å². The van der Waals surface area contributed by atoms with Crippen LogP contribution in [0.5, 0.6) is 0 Å². The van der Waals surface area contributed by atoms with E-state index in [-0.39, 0.29) is 17.8 Å². The normalized spacial score (nSPS) is 22.1. The molecule has 2 fully saturated rings. The van der Waals surface area contributed by atoms with Gasteiger partial charge in [0.1, 0.15) is 11.9 Å². The molecule has 6 heteroatoms. The number of hydrogen-bond acceptors (Lipinski definition) is 4. The van der Waals surface area contributed by atoms with Crippen LogP contribution >= 0.6 is 0 Å². The third-order valence-corrected chi connectivity index (χ3v) is 4.46. The molecule has 0 radical (unpaired) electrons. The topological polar surface area (TPSA) is 56.6 Å². The van der Waals surface area contributed by atoms with Gasteiger partial charge in [0.2, 0.25) is 0 Å². The molecule has 0 N–H and O–H groups in total. The third-order valence-electron chi connectivity index (χ3n) is 4.46. The Balaban J connectivity index is 1.55. The van der Waals surface area contributed by atoms with Crippen molar-refractivity contribution in [2.24, 2.45) is 0 Å². The van der Waals surface area contributed by atoms with Crippen molar-refractivity contribution in [1.29, 1.82) is 5.26 Å². The molecule has 23 heavy (non-hydrogen) atoms. The number of amides is 1. The molecule has 0 bridgehead atoms. The van der Waals surface area contributed by atoms with Crippen LogP contribution in [0.1, 0.15) is 24.0 Å². The number of carbonyl (C=O) groups is 1. The first-order valence-electron chi connectivity index (χ1n) is 7.98. The Labute approximate surface area is 135 Å². The van der Waals surface area contributed by atoms with E-state index in [2.05, 4.69) is 4.90 Å². The van der Waals surface area contributed by atoms with Crippen LogP contribution in [0.4, 0.5) is 4.39 Å². The first-order chi connectivity index (χ1) is 11.2. The molecule has 1 amide bonds. The Morgan fingerprint density at radius 1 is 1.35 bits per heavy atom. The number of nitrogens with zero attached hydrogens (tertiary/aromatic N) is 3. The van der Waals surface area contributed by atoms with Crippen molar-refractivity contribution in [1.82, 2.24) is 9.80 Å². The SMILES string of the molecule is N#Cc1ccc(F)c(CN2CCN(C(=O)[C@H]3CCCO3)CC2)c1. The molecule has 2 aliphatic rings. The van der Waals surface area contributed by atoms with E-state index in [0.29, 0.717) is 50.5 Å². The zero-order valence-corrected chi connectivity index (χ0v) is 13.0. The fourth-order valence-electron chi connectivity index (χ4n) is 3.11. The van der Waals surface area contributed by atoms with E-state index in [1.54, 1.807) is 6.07 Å². The van der Waals surface area contributed by atoms with Gasteiger partial charge in [0.05, 0.1) is 11.6 Å². The quantitative estimate of drug-likeness (QED) is 0.848. The number of piperazine rings is 1. The number of hydrogen-bond donors (Lipinski definition) is 0. The van der Waals surface area contributed by atoms with Gasteiger partial charge in [-0.3, -0.25) is 9.69 Å². The molecule has 2 aliphatic heterocycles. The number of benzene rings is 1. The first kappa shape index (κ1) is 15.9. The van der Waals surface area contributed by atoms with E-state index in [9.17, 15) is 9.18 Å². The minimum atomic E-state index is -0.290. The summed E-state index contributed by atoms with van der Waals surface area (Å²) in [5.41, 5.74) is 0.997. The molecule has 2 heterocycles. The lowest BCUT2D eigenvalue weighted by molar-refractivity contribution is -0.142. The lowest BCUT2D eigenvalue weighted by atomic mass is 10.1. The summed E-state index contributed by atoms with van der Waals surface area (Å²) < 4.78 is 19.3. The smallest absolute Gasteiger partial charge is 0.251 e. The Kier molecular flexibility index (Phi) is 4.89. The number of carbonyl (C=O) groups excluding carboxylic acids is 1. The molecule has 1 atom stereocenters. The van der Waals surface area contributed by atoms with Crippen molar-refractivity contribution < 1.29 is 13.9 Å². The molecular weight excluding hydrogens is 297 g/mol. The van der Waals surface area contributed by atoms with Crippen LogP contribution in [0, 0.1) is 17.1 Å². The van der Waals surface area contributed by atoms with Crippen molar-refractivity contribution in [2.75, 3.05) is 32.8 Å². The molecule has 0 spiro atoms. The van der Waals surface area contributed by atoms with Crippen LogP contribution in [0.15, 0.2) is 18.2 Å². The maximum Gasteiger partial charge on any atom is 0.251 e. The van der Waals surface area contributed by atoms with E-state index >= 15 is 0 Å². The van der Waals surface area contributed by atoms with Crippen molar-refractivity contribution in [3.63, 3.8) is 0 Å². The monoisotopic (exact) mass is 317 g/mol. The molecule has 1 aromatic carbocycles. The number of ether oxygens (including phenoxy) is 1. The first-order valence-corrected chi connectivity index (χ1v) is 7.98. The van der Waals surface area contributed by atoms with Crippen LogP contribution in [-0.2, 0) is 16.1 Å². The lowest BCUT2D eigenvalue weighted by Crippen LogP contribution is -2.51. The fourth-order valence-corrected chi connectivity index (χ4v) is 3.11. The molecule has 0 unspecified atom stereocenters. The Bertz CT molecular complexity index is 615. The van der Waals surface area contributed by atoms with E-state index in [1.165, 1.54) is 12.1 Å². The zero-order valence-electron chi connectivity index (χ0n) is 13.0. The standard InChI is InChI=1S/C17H20FN3O2/c18-15-4-3-13(11-19)10-14(15)12-20-5-7-21(8-6-20)17(22)16-2-1-9-23-16/h3-4,10,16H,1-2,5-9,12H2/t16-/m1/s1. The van der Waals surface area contributed by atoms with Gasteiger partial charge in [0.25, 0.3) is 5.91 Å². The summed E-state index contributed by atoms with van der Waals surface area (Å²) in [7, 11) is 0. The number of halogens is 1. The van der Waals surface area contributed by atoms with Gasteiger partial charge in [0, 0.05) is 44.9 Å². The van der Waals surface area contributed by atoms with Crippen LogP contribution < -0.4 is 0 Å². The average molecular weight is 317 g/mol. The van der Waals surface area contributed by atoms with Gasteiger partial charge in [-0.25, -0.2) is 4.39 Å². The molecule has 5 nitrogen and oxygen atoms in total. The van der Waals surface area contributed by atoms with Gasteiger partial charge in [0.15, 0.2) is 0 Å². The highest BCUT2D eigenvalue weighted by Gasteiger charge is 2.30. The summed E-state index contributed by atoms with van der Waals surface area (Å²) >= 11 is 0. The van der Waals surface area contributed by atoms with Crippen LogP contribution in [0.3, 0.4) is 0 Å². The molecular formula is C17H20FN3O2. The van der Waals surface area contributed by atoms with E-state index < -0.39 is 0 Å². The van der Waals surface area contributed by atoms with Gasteiger partial charge < -0.3 is 9.64 Å². The Hall–Kier alpha value is -1.97. The van der Waals surface area contributed by atoms with E-state index in [4.69, 9.17) is 10.00 Å². The molecule has 0 aliphatic carbocycles. The zero-order chi connectivity index (χ0) is 16.2. The summed E-state index contributed by atoms with van der Waals surface area (Å²) in [5, 5.41) is 8.92. The maximum atomic E-state index is 13.9. The van der Waals surface area contributed by atoms with Crippen molar-refractivity contribution in [2.45, 2.75) is 25.5 Å². The minimum Gasteiger partial charge on any atom is -0.368 e. The predicted molar refractivity (Wildman–Crippen MR) is 81.9 cm³/mol. The number of rotatable bonds is 3. The highest BCUT2D eigenvalue weighted by molar-refractivity contribution is 5.81. The van der Waals surface area contributed by atoms with Gasteiger partial charge in [-0.05, 0) is 31.0 Å². The highest BCUT2D eigenvalue weighted by atomic mass is 19.1. The maximum absolute atomic E-state index is 13.9. The third kappa shape index (κ3) is 3.69. The van der Waals surface area contributed by atoms with Crippen LogP contribution in [0.2, 0.25) is 0 Å². The number of nitriles is 1. The van der Waals surface area contributed by atoms with Gasteiger partial charge in [-0.15, -0.1) is 0 Å². The summed E-state index contributed by atoms with van der Waals surface area (Å²) in [5.74, 6) is -0.207. The van der Waals surface area contributed by atoms with Crippen LogP contribution in [-0.4, -0.2) is 54.6 Å². The van der Waals surface area contributed by atoms with E-state index in [1.807, 2.05) is 11.0 Å². The van der Waals surface area contributed by atoms with Gasteiger partial charge >= 0.3 is 0 Å². The summed E-state index contributed by atoms with van der Waals surface area (Å²) in [6.07, 6.45) is 1.49. The second kappa shape index (κ2) is 7.07. The van der Waals surface area contributed by atoms with Gasteiger partial charge in [-0.1, -0.05) is 0 Å². The summed E-state index contributed by atoms with van der Waals surface area (Å²) in [4.78, 5) is 16.2. The summed E-state index contributed by atoms with van der Waals surface area (Å²) in [6, 6.07) is 6.45. The Morgan fingerprint density at radius 3 is 2.78 bits per heavy atom. The average Bonchev–Trinajstić information content (AvgIpc) is 3.11. The second-order valence-electron chi connectivity index (χ2n) is 6.02. The minimum absolute atomic E-state index is 0.0832. The molecule has 1 aromatic rings. The Morgan fingerprint density at radius 2 is 2.13 bits per heavy atom. The van der Waals surface area contributed by atoms with Crippen molar-refractivity contribution >= 4 is 5.91 Å². The second-order valence-corrected chi connectivity index (χ2v) is 6.02. The largest absolute Gasteiger partial charge is 0.368 e.